The highest BCUT2D eigenvalue weighted by Crippen LogP contribution is 2.26. The summed E-state index contributed by atoms with van der Waals surface area (Å²) in [5.74, 6) is 0.890. The van der Waals surface area contributed by atoms with Gasteiger partial charge in [-0.2, -0.15) is 4.31 Å². The fraction of sp³-hybridized carbons (Fsp3) is 0.667. The maximum absolute atomic E-state index is 12.5. The highest BCUT2D eigenvalue weighted by molar-refractivity contribution is 7.91. The number of thiophene rings is 1. The van der Waals surface area contributed by atoms with Crippen LogP contribution >= 0.6 is 11.3 Å². The number of sulfonamides is 1. The highest BCUT2D eigenvalue weighted by atomic mass is 32.2. The molecule has 0 aromatic carbocycles. The van der Waals surface area contributed by atoms with Gasteiger partial charge in [-0.25, -0.2) is 8.42 Å². The van der Waals surface area contributed by atoms with Crippen LogP contribution in [-0.2, 0) is 27.4 Å². The molecule has 1 N–H and O–H groups in total. The summed E-state index contributed by atoms with van der Waals surface area (Å²) in [7, 11) is -4.26. The molecule has 1 aromatic rings. The van der Waals surface area contributed by atoms with E-state index in [0.717, 1.165) is 12.1 Å². The van der Waals surface area contributed by atoms with Crippen LogP contribution in [0.4, 0.5) is 0 Å². The van der Waals surface area contributed by atoms with Crippen molar-refractivity contribution in [2.45, 2.75) is 29.6 Å². The molecular weight excluding hydrogens is 316 g/mol. The lowest BCUT2D eigenvalue weighted by atomic mass is 10.3. The van der Waals surface area contributed by atoms with E-state index in [-0.39, 0.29) is 0 Å². The zero-order valence-corrected chi connectivity index (χ0v) is 13.5. The van der Waals surface area contributed by atoms with Crippen molar-refractivity contribution in [3.05, 3.63) is 17.0 Å². The van der Waals surface area contributed by atoms with Gasteiger partial charge in [0.15, 0.2) is 0 Å². The minimum absolute atomic E-state index is 0.364. The minimum Gasteiger partial charge on any atom is -0.310 e. The van der Waals surface area contributed by atoms with E-state index in [1.54, 1.807) is 6.07 Å². The first-order valence-corrected chi connectivity index (χ1v) is 10.5. The zero-order chi connectivity index (χ0) is 14.2. The van der Waals surface area contributed by atoms with E-state index in [4.69, 9.17) is 0 Å². The van der Waals surface area contributed by atoms with Crippen molar-refractivity contribution in [2.24, 2.45) is 0 Å². The van der Waals surface area contributed by atoms with E-state index < -0.39 is 20.8 Å². The largest absolute Gasteiger partial charge is 0.310 e. The molecule has 0 unspecified atom stereocenters. The lowest BCUT2D eigenvalue weighted by Gasteiger charge is -2.24. The Morgan fingerprint density at radius 2 is 2.05 bits per heavy atom. The normalized spacial score (nSPS) is 22.2. The van der Waals surface area contributed by atoms with Gasteiger partial charge in [0, 0.05) is 48.0 Å². The standard InChI is InChI=1S/C12H18N2O3S3/c15-19-5-3-14(4-6-19)20(16,17)12-7-10(9-18-12)8-13-11-1-2-11/h7,9,11,13H,1-6,8H2. The number of rotatable bonds is 5. The summed E-state index contributed by atoms with van der Waals surface area (Å²) in [6.07, 6.45) is 2.44. The van der Waals surface area contributed by atoms with Gasteiger partial charge in [0.25, 0.3) is 10.0 Å². The quantitative estimate of drug-likeness (QED) is 0.863. The summed E-state index contributed by atoms with van der Waals surface area (Å²) in [6, 6.07) is 2.38. The van der Waals surface area contributed by atoms with Crippen LogP contribution in [0.3, 0.4) is 0 Å². The molecule has 1 saturated carbocycles. The molecular formula is C12H18N2O3S3. The second-order valence-electron chi connectivity index (χ2n) is 5.18. The molecule has 0 atom stereocenters. The summed E-state index contributed by atoms with van der Waals surface area (Å²) >= 11 is 1.28. The fourth-order valence-electron chi connectivity index (χ4n) is 2.12. The van der Waals surface area contributed by atoms with E-state index >= 15 is 0 Å². The molecule has 8 heteroatoms. The molecule has 5 nitrogen and oxygen atoms in total. The number of hydrogen-bond acceptors (Lipinski definition) is 5. The molecule has 0 spiro atoms. The van der Waals surface area contributed by atoms with Crippen molar-refractivity contribution < 1.29 is 12.6 Å². The van der Waals surface area contributed by atoms with Gasteiger partial charge >= 0.3 is 0 Å². The number of nitrogens with one attached hydrogen (secondary N) is 1. The van der Waals surface area contributed by atoms with Crippen molar-refractivity contribution >= 4 is 32.2 Å². The summed E-state index contributed by atoms with van der Waals surface area (Å²) in [6.45, 7) is 1.46. The molecule has 0 bridgehead atoms. The minimum atomic E-state index is -3.40. The van der Waals surface area contributed by atoms with Crippen molar-refractivity contribution in [1.82, 2.24) is 9.62 Å². The van der Waals surface area contributed by atoms with Gasteiger partial charge in [0.2, 0.25) is 0 Å². The second-order valence-corrected chi connectivity index (χ2v) is 9.95. The van der Waals surface area contributed by atoms with Crippen LogP contribution in [0.15, 0.2) is 15.7 Å². The van der Waals surface area contributed by atoms with E-state index in [1.165, 1.54) is 28.5 Å². The highest BCUT2D eigenvalue weighted by Gasteiger charge is 2.29. The van der Waals surface area contributed by atoms with Crippen LogP contribution < -0.4 is 5.32 Å². The first-order chi connectivity index (χ1) is 9.55. The Labute approximate surface area is 125 Å². The summed E-state index contributed by atoms with van der Waals surface area (Å²) in [4.78, 5) is 0. The smallest absolute Gasteiger partial charge is 0.252 e. The Morgan fingerprint density at radius 3 is 2.70 bits per heavy atom. The van der Waals surface area contributed by atoms with Gasteiger partial charge in [-0.3, -0.25) is 4.21 Å². The third-order valence-corrected chi connectivity index (χ3v) is 8.17. The molecule has 0 amide bonds. The Balaban J connectivity index is 1.68. The first-order valence-electron chi connectivity index (χ1n) is 6.71. The number of hydrogen-bond donors (Lipinski definition) is 1. The van der Waals surface area contributed by atoms with Crippen LogP contribution in [0.5, 0.6) is 0 Å². The average molecular weight is 334 g/mol. The average Bonchev–Trinajstić information content (AvgIpc) is 3.13. The topological polar surface area (TPSA) is 66.5 Å². The molecule has 2 fully saturated rings. The van der Waals surface area contributed by atoms with Gasteiger partial charge in [-0.15, -0.1) is 11.3 Å². The predicted molar refractivity (Wildman–Crippen MR) is 80.8 cm³/mol. The van der Waals surface area contributed by atoms with Crippen LogP contribution in [0, 0.1) is 0 Å². The summed E-state index contributed by atoms with van der Waals surface area (Å²) in [5.41, 5.74) is 1.03. The van der Waals surface area contributed by atoms with Gasteiger partial charge in [0.1, 0.15) is 4.21 Å². The Morgan fingerprint density at radius 1 is 1.35 bits per heavy atom. The Bertz CT molecular complexity index is 597. The van der Waals surface area contributed by atoms with E-state index in [9.17, 15) is 12.6 Å². The van der Waals surface area contributed by atoms with Crippen molar-refractivity contribution in [3.63, 3.8) is 0 Å². The van der Waals surface area contributed by atoms with Crippen LogP contribution in [0.2, 0.25) is 0 Å². The van der Waals surface area contributed by atoms with Crippen molar-refractivity contribution in [3.8, 4) is 0 Å². The molecule has 1 aromatic heterocycles. The van der Waals surface area contributed by atoms with Crippen LogP contribution in [-0.4, -0.2) is 47.6 Å². The molecule has 1 aliphatic heterocycles. The second kappa shape index (κ2) is 5.84. The molecule has 0 radical (unpaired) electrons. The maximum atomic E-state index is 12.5. The van der Waals surface area contributed by atoms with Crippen LogP contribution in [0.1, 0.15) is 18.4 Å². The molecule has 112 valence electrons. The molecule has 2 heterocycles. The lowest BCUT2D eigenvalue weighted by molar-refractivity contribution is 0.440. The summed E-state index contributed by atoms with van der Waals surface area (Å²) in [5, 5.41) is 5.29. The van der Waals surface area contributed by atoms with E-state index in [0.29, 0.717) is 34.8 Å². The van der Waals surface area contributed by atoms with Gasteiger partial charge in [-0.05, 0) is 29.9 Å². The van der Waals surface area contributed by atoms with Crippen LogP contribution in [0.25, 0.3) is 0 Å². The van der Waals surface area contributed by atoms with E-state index in [1.807, 2.05) is 5.38 Å². The SMILES string of the molecule is O=S1CCN(S(=O)(=O)c2cc(CNC3CC3)cs2)CC1. The molecule has 3 rings (SSSR count). The Hall–Kier alpha value is -0.280. The molecule has 20 heavy (non-hydrogen) atoms. The number of nitrogens with zero attached hydrogens (tertiary/aromatic N) is 1. The van der Waals surface area contributed by atoms with Gasteiger partial charge in [0.05, 0.1) is 0 Å². The third-order valence-electron chi connectivity index (χ3n) is 3.53. The van der Waals surface area contributed by atoms with Gasteiger partial charge < -0.3 is 5.32 Å². The predicted octanol–water partition coefficient (Wildman–Crippen LogP) is 0.753. The monoisotopic (exact) mass is 334 g/mol. The van der Waals surface area contributed by atoms with E-state index in [2.05, 4.69) is 5.32 Å². The van der Waals surface area contributed by atoms with Gasteiger partial charge in [-0.1, -0.05) is 0 Å². The molecule has 2 aliphatic rings. The van der Waals surface area contributed by atoms with Crippen molar-refractivity contribution in [2.75, 3.05) is 24.6 Å². The Kier molecular flexibility index (Phi) is 4.28. The molecule has 1 aliphatic carbocycles. The third kappa shape index (κ3) is 3.30. The molecule has 1 saturated heterocycles. The van der Waals surface area contributed by atoms with Crippen molar-refractivity contribution in [1.29, 1.82) is 0 Å². The first kappa shape index (κ1) is 14.6. The maximum Gasteiger partial charge on any atom is 0.252 e. The fourth-order valence-corrected chi connectivity index (χ4v) is 6.21. The lowest BCUT2D eigenvalue weighted by Crippen LogP contribution is -2.41. The summed E-state index contributed by atoms with van der Waals surface area (Å²) < 4.78 is 38.1. The zero-order valence-electron chi connectivity index (χ0n) is 11.1.